The predicted molar refractivity (Wildman–Crippen MR) is 127 cm³/mol. The molecule has 0 atom stereocenters. The van der Waals surface area contributed by atoms with Crippen LogP contribution in [0.1, 0.15) is 0 Å². The molecule has 31 heavy (non-hydrogen) atoms. The Balaban J connectivity index is 1.59. The number of pyridine rings is 1. The van der Waals surface area contributed by atoms with Gasteiger partial charge in [-0.1, -0.05) is 58.4 Å². The zero-order valence-corrected chi connectivity index (χ0v) is 18.1. The molecule has 0 saturated carbocycles. The summed E-state index contributed by atoms with van der Waals surface area (Å²) in [5, 5.41) is 0. The van der Waals surface area contributed by atoms with E-state index in [2.05, 4.69) is 25.9 Å². The first-order valence-corrected chi connectivity index (χ1v) is 10.7. The van der Waals surface area contributed by atoms with Gasteiger partial charge in [-0.15, -0.1) is 0 Å². The third-order valence-electron chi connectivity index (χ3n) is 4.88. The Labute approximate surface area is 188 Å². The maximum Gasteiger partial charge on any atom is 0.138 e. The number of aromatic amines is 1. The number of hydrogen-bond donors (Lipinski definition) is 1. The summed E-state index contributed by atoms with van der Waals surface area (Å²) in [6.45, 7) is 0. The van der Waals surface area contributed by atoms with Crippen LogP contribution in [0, 0.1) is 0 Å². The number of H-pyrrole nitrogens is 1. The zero-order chi connectivity index (χ0) is 21.0. The van der Waals surface area contributed by atoms with Crippen LogP contribution >= 0.6 is 15.9 Å². The Hall–Kier alpha value is -3.70. The van der Waals surface area contributed by atoms with E-state index in [4.69, 9.17) is 9.72 Å². The van der Waals surface area contributed by atoms with Gasteiger partial charge in [0.2, 0.25) is 0 Å². The van der Waals surface area contributed by atoms with E-state index in [9.17, 15) is 0 Å². The number of hydrogen-bond acceptors (Lipinski definition) is 3. The number of rotatable bonds is 5. The average Bonchev–Trinajstić information content (AvgIpc) is 3.27. The SMILES string of the molecule is Brc1ccc(-c2nc(-c3cccc(Oc4ccccc4)c3)c(-c3ccncc3)[nH]2)cc1. The second-order valence-electron chi connectivity index (χ2n) is 6.99. The van der Waals surface area contributed by atoms with Crippen LogP contribution in [0.5, 0.6) is 11.5 Å². The molecule has 0 unspecified atom stereocenters. The molecule has 3 aromatic carbocycles. The minimum atomic E-state index is 0.762. The quantitative estimate of drug-likeness (QED) is 0.293. The molecule has 0 spiro atoms. The van der Waals surface area contributed by atoms with Crippen LogP contribution in [0.3, 0.4) is 0 Å². The summed E-state index contributed by atoms with van der Waals surface area (Å²) in [4.78, 5) is 12.6. The lowest BCUT2D eigenvalue weighted by molar-refractivity contribution is 0.483. The van der Waals surface area contributed by atoms with Crippen molar-refractivity contribution in [1.82, 2.24) is 15.0 Å². The van der Waals surface area contributed by atoms with Gasteiger partial charge >= 0.3 is 0 Å². The van der Waals surface area contributed by atoms with Crippen molar-refractivity contribution in [2.75, 3.05) is 0 Å². The Kier molecular flexibility index (Phi) is 5.33. The molecule has 2 heterocycles. The molecule has 4 nitrogen and oxygen atoms in total. The van der Waals surface area contributed by atoms with Crippen molar-refractivity contribution in [3.8, 4) is 45.4 Å². The number of imidazole rings is 1. The topological polar surface area (TPSA) is 50.8 Å². The highest BCUT2D eigenvalue weighted by Crippen LogP contribution is 2.35. The molecular formula is C26H18BrN3O. The van der Waals surface area contributed by atoms with Gasteiger partial charge in [0.05, 0.1) is 11.4 Å². The molecule has 0 aliphatic rings. The smallest absolute Gasteiger partial charge is 0.138 e. The normalized spacial score (nSPS) is 10.7. The summed E-state index contributed by atoms with van der Waals surface area (Å²) >= 11 is 3.49. The van der Waals surface area contributed by atoms with Crippen LogP contribution in [0.4, 0.5) is 0 Å². The molecule has 150 valence electrons. The minimum Gasteiger partial charge on any atom is -0.457 e. The first-order chi connectivity index (χ1) is 15.3. The summed E-state index contributed by atoms with van der Waals surface area (Å²) in [5.74, 6) is 2.37. The van der Waals surface area contributed by atoms with Crippen molar-refractivity contribution in [2.24, 2.45) is 0 Å². The molecule has 0 radical (unpaired) electrons. The summed E-state index contributed by atoms with van der Waals surface area (Å²) in [7, 11) is 0. The average molecular weight is 468 g/mol. The van der Waals surface area contributed by atoms with Gasteiger partial charge < -0.3 is 9.72 Å². The van der Waals surface area contributed by atoms with E-state index in [-0.39, 0.29) is 0 Å². The van der Waals surface area contributed by atoms with Crippen LogP contribution < -0.4 is 4.74 Å². The fourth-order valence-electron chi connectivity index (χ4n) is 3.39. The summed E-state index contributed by atoms with van der Waals surface area (Å²) in [6, 6.07) is 29.8. The van der Waals surface area contributed by atoms with Gasteiger partial charge in [0, 0.05) is 33.6 Å². The second-order valence-corrected chi connectivity index (χ2v) is 7.91. The molecule has 0 aliphatic heterocycles. The van der Waals surface area contributed by atoms with Crippen LogP contribution in [0.2, 0.25) is 0 Å². The Bertz CT molecular complexity index is 1300. The number of para-hydroxylation sites is 1. The van der Waals surface area contributed by atoms with Crippen molar-refractivity contribution in [3.05, 3.63) is 108 Å². The van der Waals surface area contributed by atoms with Crippen LogP contribution in [-0.2, 0) is 0 Å². The standard InChI is InChI=1S/C26H18BrN3O/c27-21-11-9-19(10-12-21)26-29-24(18-13-15-28-16-14-18)25(30-26)20-5-4-8-23(17-20)31-22-6-2-1-3-7-22/h1-17H,(H,29,30). The van der Waals surface area contributed by atoms with E-state index < -0.39 is 0 Å². The lowest BCUT2D eigenvalue weighted by Gasteiger charge is -2.08. The highest BCUT2D eigenvalue weighted by Gasteiger charge is 2.16. The van der Waals surface area contributed by atoms with Crippen molar-refractivity contribution in [1.29, 1.82) is 0 Å². The summed E-state index contributed by atoms with van der Waals surface area (Å²) in [6.07, 6.45) is 3.57. The monoisotopic (exact) mass is 467 g/mol. The first-order valence-electron chi connectivity index (χ1n) is 9.86. The third-order valence-corrected chi connectivity index (χ3v) is 5.41. The fourth-order valence-corrected chi connectivity index (χ4v) is 3.65. The number of aromatic nitrogens is 3. The van der Waals surface area contributed by atoms with Crippen molar-refractivity contribution in [3.63, 3.8) is 0 Å². The molecule has 0 bridgehead atoms. The van der Waals surface area contributed by atoms with Crippen molar-refractivity contribution >= 4 is 15.9 Å². The maximum atomic E-state index is 6.04. The van der Waals surface area contributed by atoms with E-state index in [1.54, 1.807) is 12.4 Å². The van der Waals surface area contributed by atoms with Gasteiger partial charge in [0.15, 0.2) is 0 Å². The summed E-state index contributed by atoms with van der Waals surface area (Å²) < 4.78 is 7.07. The number of nitrogens with one attached hydrogen (secondary N) is 1. The number of ether oxygens (including phenoxy) is 1. The molecule has 0 amide bonds. The zero-order valence-electron chi connectivity index (χ0n) is 16.5. The largest absolute Gasteiger partial charge is 0.457 e. The maximum absolute atomic E-state index is 6.04. The van der Waals surface area contributed by atoms with Crippen LogP contribution in [0.25, 0.3) is 33.9 Å². The van der Waals surface area contributed by atoms with Crippen LogP contribution in [0.15, 0.2) is 108 Å². The van der Waals surface area contributed by atoms with E-state index in [1.165, 1.54) is 0 Å². The van der Waals surface area contributed by atoms with Gasteiger partial charge in [0.1, 0.15) is 17.3 Å². The number of benzene rings is 3. The molecule has 0 fully saturated rings. The van der Waals surface area contributed by atoms with E-state index >= 15 is 0 Å². The molecule has 5 rings (SSSR count). The number of nitrogens with zero attached hydrogens (tertiary/aromatic N) is 2. The van der Waals surface area contributed by atoms with Gasteiger partial charge in [-0.2, -0.15) is 0 Å². The van der Waals surface area contributed by atoms with E-state index in [0.29, 0.717) is 0 Å². The fraction of sp³-hybridized carbons (Fsp3) is 0. The van der Waals surface area contributed by atoms with Crippen LogP contribution in [-0.4, -0.2) is 15.0 Å². The first kappa shape index (κ1) is 19.3. The lowest BCUT2D eigenvalue weighted by Crippen LogP contribution is -1.87. The molecule has 0 saturated heterocycles. The molecule has 5 aromatic rings. The Morgan fingerprint density at radius 2 is 1.42 bits per heavy atom. The Morgan fingerprint density at radius 3 is 2.19 bits per heavy atom. The van der Waals surface area contributed by atoms with Gasteiger partial charge in [-0.25, -0.2) is 4.98 Å². The molecule has 0 aliphatic carbocycles. The summed E-state index contributed by atoms with van der Waals surface area (Å²) in [5.41, 5.74) is 4.82. The van der Waals surface area contributed by atoms with Gasteiger partial charge in [-0.05, 0) is 48.5 Å². The lowest BCUT2D eigenvalue weighted by atomic mass is 10.1. The Morgan fingerprint density at radius 1 is 0.677 bits per heavy atom. The van der Waals surface area contributed by atoms with Crippen molar-refractivity contribution < 1.29 is 4.74 Å². The van der Waals surface area contributed by atoms with Gasteiger partial charge in [-0.3, -0.25) is 4.98 Å². The molecule has 2 aromatic heterocycles. The number of halogens is 1. The second kappa shape index (κ2) is 8.58. The van der Waals surface area contributed by atoms with E-state index in [0.717, 1.165) is 49.9 Å². The van der Waals surface area contributed by atoms with Gasteiger partial charge in [0.25, 0.3) is 0 Å². The highest BCUT2D eigenvalue weighted by atomic mass is 79.9. The highest BCUT2D eigenvalue weighted by molar-refractivity contribution is 9.10. The molecule has 1 N–H and O–H groups in total. The minimum absolute atomic E-state index is 0.762. The van der Waals surface area contributed by atoms with Crippen molar-refractivity contribution in [2.45, 2.75) is 0 Å². The third kappa shape index (κ3) is 4.27. The predicted octanol–water partition coefficient (Wildman–Crippen LogP) is 7.36. The molecule has 5 heteroatoms. The van der Waals surface area contributed by atoms with E-state index in [1.807, 2.05) is 91.0 Å². The molecular weight excluding hydrogens is 450 g/mol.